The van der Waals surface area contributed by atoms with Crippen molar-refractivity contribution >= 4 is 50.6 Å². The Balaban J connectivity index is 1.44. The summed E-state index contributed by atoms with van der Waals surface area (Å²) >= 11 is 4.91. The number of likely N-dealkylation sites (tertiary alicyclic amines) is 1. The van der Waals surface area contributed by atoms with Gasteiger partial charge in [-0.1, -0.05) is 11.8 Å². The summed E-state index contributed by atoms with van der Waals surface area (Å²) in [6, 6.07) is 0. The van der Waals surface area contributed by atoms with Crippen molar-refractivity contribution in [2.45, 2.75) is 37.6 Å². The second-order valence-corrected chi connectivity index (χ2v) is 9.57. The third kappa shape index (κ3) is 3.50. The van der Waals surface area contributed by atoms with Crippen LogP contribution in [0.2, 0.25) is 0 Å². The molecule has 0 aromatic carbocycles. The lowest BCUT2D eigenvalue weighted by Crippen LogP contribution is -2.40. The van der Waals surface area contributed by atoms with Gasteiger partial charge in [-0.2, -0.15) is 0 Å². The zero-order chi connectivity index (χ0) is 18.1. The van der Waals surface area contributed by atoms with Crippen molar-refractivity contribution in [2.24, 2.45) is 0 Å². The predicted molar refractivity (Wildman–Crippen MR) is 108 cm³/mol. The standard InChI is InChI=1S/C18H20N4OS3/c1-11-12(2)26-18-15(11)17(20-10-21-18)25-9-14(23)22-6-3-4-13(8-22)16-19-5-7-24-16/h5,7,10,13H,3-4,6,8-9H2,1-2H3. The minimum Gasteiger partial charge on any atom is -0.341 e. The molecule has 0 aliphatic carbocycles. The fourth-order valence-corrected chi connectivity index (χ4v) is 6.11. The van der Waals surface area contributed by atoms with Crippen LogP contribution in [-0.4, -0.2) is 44.6 Å². The quantitative estimate of drug-likeness (QED) is 0.480. The number of fused-ring (bicyclic) bond motifs is 1. The van der Waals surface area contributed by atoms with Crippen LogP contribution >= 0.6 is 34.4 Å². The van der Waals surface area contributed by atoms with Crippen molar-refractivity contribution in [3.05, 3.63) is 33.4 Å². The Bertz CT molecular complexity index is 922. The van der Waals surface area contributed by atoms with E-state index in [1.807, 2.05) is 16.5 Å². The lowest BCUT2D eigenvalue weighted by Gasteiger charge is -2.31. The van der Waals surface area contributed by atoms with Crippen molar-refractivity contribution in [2.75, 3.05) is 18.8 Å². The van der Waals surface area contributed by atoms with Gasteiger partial charge in [0.05, 0.1) is 10.8 Å². The molecule has 0 bridgehead atoms. The molecule has 1 atom stereocenters. The maximum absolute atomic E-state index is 12.8. The van der Waals surface area contributed by atoms with Gasteiger partial charge in [-0.05, 0) is 32.3 Å². The molecule has 5 nitrogen and oxygen atoms in total. The number of hydrogen-bond donors (Lipinski definition) is 0. The van der Waals surface area contributed by atoms with Gasteiger partial charge in [-0.15, -0.1) is 22.7 Å². The summed E-state index contributed by atoms with van der Waals surface area (Å²) in [6.07, 6.45) is 5.61. The number of carbonyl (C=O) groups is 1. The zero-order valence-corrected chi connectivity index (χ0v) is 17.2. The number of rotatable bonds is 4. The fourth-order valence-electron chi connectivity index (χ4n) is 3.32. The molecule has 1 unspecified atom stereocenters. The molecular formula is C18H20N4OS3. The highest BCUT2D eigenvalue weighted by molar-refractivity contribution is 8.00. The first-order valence-electron chi connectivity index (χ1n) is 8.64. The van der Waals surface area contributed by atoms with E-state index >= 15 is 0 Å². The Morgan fingerprint density at radius 2 is 2.23 bits per heavy atom. The molecule has 1 amide bonds. The number of carbonyl (C=O) groups excluding carboxylic acids is 1. The van der Waals surface area contributed by atoms with Crippen molar-refractivity contribution in [3.8, 4) is 0 Å². The zero-order valence-electron chi connectivity index (χ0n) is 14.8. The molecule has 26 heavy (non-hydrogen) atoms. The van der Waals surface area contributed by atoms with Gasteiger partial charge in [0, 0.05) is 40.8 Å². The van der Waals surface area contributed by atoms with Gasteiger partial charge >= 0.3 is 0 Å². The molecule has 136 valence electrons. The normalized spacial score (nSPS) is 17.8. The number of thiazole rings is 1. The van der Waals surface area contributed by atoms with E-state index in [0.29, 0.717) is 11.7 Å². The van der Waals surface area contributed by atoms with Crippen molar-refractivity contribution in [1.29, 1.82) is 0 Å². The van der Waals surface area contributed by atoms with Crippen LogP contribution in [-0.2, 0) is 4.79 Å². The van der Waals surface area contributed by atoms with Crippen LogP contribution < -0.4 is 0 Å². The van der Waals surface area contributed by atoms with Crippen molar-refractivity contribution in [3.63, 3.8) is 0 Å². The molecule has 4 rings (SSSR count). The summed E-state index contributed by atoms with van der Waals surface area (Å²) in [4.78, 5) is 30.3. The third-order valence-corrected chi connectivity index (χ3v) is 7.87. The molecule has 1 saturated heterocycles. The van der Waals surface area contributed by atoms with Gasteiger partial charge in [0.1, 0.15) is 16.2 Å². The average molecular weight is 405 g/mol. The maximum Gasteiger partial charge on any atom is 0.233 e. The molecule has 0 spiro atoms. The smallest absolute Gasteiger partial charge is 0.233 e. The average Bonchev–Trinajstić information content (AvgIpc) is 3.29. The topological polar surface area (TPSA) is 59.0 Å². The largest absolute Gasteiger partial charge is 0.341 e. The highest BCUT2D eigenvalue weighted by Crippen LogP contribution is 2.35. The van der Waals surface area contributed by atoms with E-state index < -0.39 is 0 Å². The second-order valence-electron chi connectivity index (χ2n) is 6.48. The summed E-state index contributed by atoms with van der Waals surface area (Å²) in [6.45, 7) is 5.83. The number of nitrogens with zero attached hydrogens (tertiary/aromatic N) is 4. The number of aromatic nitrogens is 3. The van der Waals surface area contributed by atoms with E-state index in [0.717, 1.165) is 46.2 Å². The number of thiophene rings is 1. The van der Waals surface area contributed by atoms with Crippen LogP contribution in [0.5, 0.6) is 0 Å². The van der Waals surface area contributed by atoms with Crippen LogP contribution in [0.4, 0.5) is 0 Å². The monoisotopic (exact) mass is 404 g/mol. The highest BCUT2D eigenvalue weighted by Gasteiger charge is 2.26. The lowest BCUT2D eigenvalue weighted by atomic mass is 9.99. The SMILES string of the molecule is Cc1sc2ncnc(SCC(=O)N3CCCC(c4nccs4)C3)c2c1C. The molecule has 3 aromatic heterocycles. The molecule has 0 saturated carbocycles. The first-order valence-corrected chi connectivity index (χ1v) is 11.3. The number of hydrogen-bond acceptors (Lipinski definition) is 7. The van der Waals surface area contributed by atoms with Crippen LogP contribution in [0.15, 0.2) is 22.9 Å². The molecule has 8 heteroatoms. The van der Waals surface area contributed by atoms with Crippen LogP contribution in [0.3, 0.4) is 0 Å². The summed E-state index contributed by atoms with van der Waals surface area (Å²) in [5, 5.41) is 5.18. The molecule has 0 N–H and O–H groups in total. The van der Waals surface area contributed by atoms with E-state index in [4.69, 9.17) is 0 Å². The lowest BCUT2D eigenvalue weighted by molar-refractivity contribution is -0.129. The van der Waals surface area contributed by atoms with E-state index in [1.165, 1.54) is 22.2 Å². The minimum absolute atomic E-state index is 0.188. The number of amides is 1. The summed E-state index contributed by atoms with van der Waals surface area (Å²) in [7, 11) is 0. The number of thioether (sulfide) groups is 1. The number of piperidine rings is 1. The molecule has 0 radical (unpaired) electrons. The van der Waals surface area contributed by atoms with E-state index in [-0.39, 0.29) is 5.91 Å². The summed E-state index contributed by atoms with van der Waals surface area (Å²) in [5.41, 5.74) is 1.22. The van der Waals surface area contributed by atoms with Gasteiger partial charge in [-0.25, -0.2) is 15.0 Å². The molecule has 1 aliphatic rings. The molecular weight excluding hydrogens is 384 g/mol. The predicted octanol–water partition coefficient (Wildman–Crippen LogP) is 4.26. The van der Waals surface area contributed by atoms with E-state index in [1.54, 1.807) is 29.0 Å². The highest BCUT2D eigenvalue weighted by atomic mass is 32.2. The third-order valence-electron chi connectivity index (χ3n) is 4.84. The van der Waals surface area contributed by atoms with E-state index in [9.17, 15) is 4.79 Å². The van der Waals surface area contributed by atoms with E-state index in [2.05, 4.69) is 28.8 Å². The first-order chi connectivity index (χ1) is 12.6. The Labute approximate surface area is 164 Å². The van der Waals surface area contributed by atoms with Crippen molar-refractivity contribution < 1.29 is 4.79 Å². The van der Waals surface area contributed by atoms with Crippen LogP contribution in [0.1, 0.15) is 34.2 Å². The van der Waals surface area contributed by atoms with Crippen LogP contribution in [0.25, 0.3) is 10.2 Å². The van der Waals surface area contributed by atoms with Crippen LogP contribution in [0, 0.1) is 13.8 Å². The molecule has 4 heterocycles. The van der Waals surface area contributed by atoms with Gasteiger partial charge in [0.2, 0.25) is 5.91 Å². The fraction of sp³-hybridized carbons (Fsp3) is 0.444. The van der Waals surface area contributed by atoms with Gasteiger partial charge in [0.15, 0.2) is 0 Å². The molecule has 1 fully saturated rings. The Kier molecular flexibility index (Phi) is 5.24. The minimum atomic E-state index is 0.188. The van der Waals surface area contributed by atoms with Gasteiger partial charge < -0.3 is 4.90 Å². The first kappa shape index (κ1) is 17.9. The second kappa shape index (κ2) is 7.62. The van der Waals surface area contributed by atoms with Gasteiger partial charge in [-0.3, -0.25) is 4.79 Å². The Morgan fingerprint density at radius 3 is 3.04 bits per heavy atom. The number of aryl methyl sites for hydroxylation is 2. The molecule has 1 aliphatic heterocycles. The Morgan fingerprint density at radius 1 is 1.35 bits per heavy atom. The summed E-state index contributed by atoms with van der Waals surface area (Å²) in [5.74, 6) is 0.989. The maximum atomic E-state index is 12.8. The summed E-state index contributed by atoms with van der Waals surface area (Å²) < 4.78 is 0. The van der Waals surface area contributed by atoms with Crippen molar-refractivity contribution in [1.82, 2.24) is 19.9 Å². The van der Waals surface area contributed by atoms with Gasteiger partial charge in [0.25, 0.3) is 0 Å². The Hall–Kier alpha value is -1.51. The molecule has 3 aromatic rings.